The van der Waals surface area contributed by atoms with E-state index in [1.807, 2.05) is 38.1 Å². The zero-order valence-electron chi connectivity index (χ0n) is 17.1. The Morgan fingerprint density at radius 1 is 0.769 bits per heavy atom. The van der Waals surface area contributed by atoms with Crippen molar-refractivity contribution in [3.05, 3.63) is 58.7 Å². The molecule has 142 valence electrons. The normalized spacial score (nSPS) is 13.1. The first-order valence-electron chi connectivity index (χ1n) is 8.94. The molecule has 0 unspecified atom stereocenters. The van der Waals surface area contributed by atoms with E-state index in [2.05, 4.69) is 53.7 Å². The topological polar surface area (TPSA) is 26.3 Å². The van der Waals surface area contributed by atoms with Gasteiger partial charge < -0.3 is 0 Å². The largest absolute Gasteiger partial charge is 0.281 e. The van der Waals surface area contributed by atoms with Crippen LogP contribution in [0.4, 0.5) is 0 Å². The fraction of sp³-hybridized carbons (Fsp3) is 0.455. The van der Waals surface area contributed by atoms with E-state index in [1.54, 1.807) is 0 Å². The molecule has 26 heavy (non-hydrogen) atoms. The van der Waals surface area contributed by atoms with Gasteiger partial charge >= 0.3 is 0 Å². The Labute approximate surface area is 163 Å². The average Bonchev–Trinajstić information content (AvgIpc) is 2.52. The predicted molar refractivity (Wildman–Crippen MR) is 114 cm³/mol. The number of hydrogen-bond acceptors (Lipinski definition) is 2. The lowest BCUT2D eigenvalue weighted by molar-refractivity contribution is 0.523. The van der Waals surface area contributed by atoms with Gasteiger partial charge in [0, 0.05) is 10.6 Å². The van der Waals surface area contributed by atoms with E-state index in [-0.39, 0.29) is 10.8 Å². The Bertz CT molecular complexity index is 790. The Morgan fingerprint density at radius 2 is 1.12 bits per heavy atom. The van der Waals surface area contributed by atoms with Crippen LogP contribution in [-0.2, 0) is 19.5 Å². The molecule has 2 rings (SSSR count). The van der Waals surface area contributed by atoms with Crippen LogP contribution in [0.2, 0.25) is 0 Å². The molecule has 4 heteroatoms. The van der Waals surface area contributed by atoms with Crippen molar-refractivity contribution in [2.24, 2.45) is 0 Å². The van der Waals surface area contributed by atoms with Gasteiger partial charge in [-0.1, -0.05) is 65.8 Å². The highest BCUT2D eigenvalue weighted by Gasteiger charge is 2.34. The molecule has 0 radical (unpaired) electrons. The highest BCUT2D eigenvalue weighted by Crippen LogP contribution is 2.49. The Balaban J connectivity index is 2.76. The van der Waals surface area contributed by atoms with E-state index in [0.29, 0.717) is 10.6 Å². The Kier molecular flexibility index (Phi) is 5.84. The first kappa shape index (κ1) is 21.2. The molecule has 0 aliphatic rings. The molecule has 0 atom stereocenters. The quantitative estimate of drug-likeness (QED) is 0.573. The molecule has 0 saturated carbocycles. The second-order valence-corrected chi connectivity index (χ2v) is 11.7. The number of hydrogen-bond donors (Lipinski definition) is 0. The van der Waals surface area contributed by atoms with E-state index in [0.717, 1.165) is 22.3 Å². The molecule has 0 aliphatic heterocycles. The number of rotatable bonds is 3. The minimum absolute atomic E-state index is 0.0537. The summed E-state index contributed by atoms with van der Waals surface area (Å²) >= 11 is 5.89. The van der Waals surface area contributed by atoms with Crippen molar-refractivity contribution < 1.29 is 8.64 Å². The predicted octanol–water partition coefficient (Wildman–Crippen LogP) is 6.30. The van der Waals surface area contributed by atoms with Crippen molar-refractivity contribution in [2.75, 3.05) is 0 Å². The minimum atomic E-state index is -3.41. The summed E-state index contributed by atoms with van der Waals surface area (Å²) in [6, 6.07) is 12.1. The lowest BCUT2D eigenvalue weighted by Gasteiger charge is -2.26. The van der Waals surface area contributed by atoms with Crippen LogP contribution in [0.5, 0.6) is 0 Å². The lowest BCUT2D eigenvalue weighted by atomic mass is 9.87. The average molecular weight is 393 g/mol. The number of halogens is 1. The Morgan fingerprint density at radius 3 is 1.38 bits per heavy atom. The molecule has 0 fully saturated rings. The molecular formula is C22H30ClO2P. The van der Waals surface area contributed by atoms with Gasteiger partial charge in [-0.15, -0.1) is 0 Å². The van der Waals surface area contributed by atoms with Crippen molar-refractivity contribution in [3.8, 4) is 0 Å². The number of aryl methyl sites for hydroxylation is 2. The van der Waals surface area contributed by atoms with Gasteiger partial charge in [0.2, 0.25) is 0 Å². The van der Waals surface area contributed by atoms with Crippen molar-refractivity contribution in [1.29, 1.82) is 0 Å². The zero-order valence-corrected chi connectivity index (χ0v) is 18.8. The second-order valence-electron chi connectivity index (χ2n) is 9.12. The van der Waals surface area contributed by atoms with Crippen LogP contribution < -0.4 is 10.6 Å². The van der Waals surface area contributed by atoms with Crippen LogP contribution >= 0.6 is 19.2 Å². The van der Waals surface area contributed by atoms with Crippen LogP contribution in [0.25, 0.3) is 0 Å². The molecule has 0 aliphatic carbocycles. The van der Waals surface area contributed by atoms with Crippen LogP contribution in [-0.4, -0.2) is 0 Å². The molecule has 0 amide bonds. The van der Waals surface area contributed by atoms with E-state index in [9.17, 15) is 4.57 Å². The van der Waals surface area contributed by atoms with Crippen LogP contribution in [0.15, 0.2) is 36.4 Å². The highest BCUT2D eigenvalue weighted by molar-refractivity contribution is 7.75. The van der Waals surface area contributed by atoms with Gasteiger partial charge in [0.05, 0.1) is 11.9 Å². The van der Waals surface area contributed by atoms with E-state index >= 15 is 0 Å². The second kappa shape index (κ2) is 7.15. The summed E-state index contributed by atoms with van der Waals surface area (Å²) in [5.41, 5.74) is 3.95. The van der Waals surface area contributed by atoms with Gasteiger partial charge in [-0.2, -0.15) is 0 Å². The maximum atomic E-state index is 14.0. The maximum absolute atomic E-state index is 14.0. The van der Waals surface area contributed by atoms with Gasteiger partial charge in [-0.3, -0.25) is 4.57 Å². The lowest BCUT2D eigenvalue weighted by Crippen LogP contribution is -2.25. The van der Waals surface area contributed by atoms with E-state index < -0.39 is 7.37 Å². The van der Waals surface area contributed by atoms with Gasteiger partial charge in [0.15, 0.2) is 0 Å². The summed E-state index contributed by atoms with van der Waals surface area (Å²) in [6.07, 6.45) is 0. The fourth-order valence-corrected chi connectivity index (χ4v) is 5.54. The molecule has 0 saturated heterocycles. The van der Waals surface area contributed by atoms with Crippen molar-refractivity contribution in [1.82, 2.24) is 0 Å². The highest BCUT2D eigenvalue weighted by atomic mass is 35.5. The Hall–Kier alpha value is -1.08. The molecule has 0 spiro atoms. The molecule has 2 nitrogen and oxygen atoms in total. The summed E-state index contributed by atoms with van der Waals surface area (Å²) in [4.78, 5) is 0. The summed E-state index contributed by atoms with van der Waals surface area (Å²) in [5.74, 6) is 0. The van der Waals surface area contributed by atoms with Gasteiger partial charge in [-0.05, 0) is 59.1 Å². The maximum Gasteiger partial charge on any atom is 0.278 e. The van der Waals surface area contributed by atoms with Crippen LogP contribution in [0.1, 0.15) is 63.8 Å². The molecule has 0 bridgehead atoms. The van der Waals surface area contributed by atoms with E-state index in [4.69, 9.17) is 15.9 Å². The monoisotopic (exact) mass is 392 g/mol. The smallest absolute Gasteiger partial charge is 0.278 e. The molecule has 0 N–H and O–H groups in total. The van der Waals surface area contributed by atoms with E-state index in [1.165, 1.54) is 0 Å². The third-order valence-electron chi connectivity index (χ3n) is 4.88. The third-order valence-corrected chi connectivity index (χ3v) is 7.89. The number of benzene rings is 2. The SMILES string of the molecule is Cc1ccc(C(C)(C)C)cc1P(=O)(OCl)c1cc(C(C)(C)C)ccc1C. The molecule has 0 heterocycles. The first-order valence-corrected chi connectivity index (χ1v) is 10.9. The van der Waals surface area contributed by atoms with Gasteiger partial charge in [0.25, 0.3) is 7.37 Å². The fourth-order valence-electron chi connectivity index (χ4n) is 2.99. The van der Waals surface area contributed by atoms with Crippen molar-refractivity contribution in [2.45, 2.75) is 66.2 Å². The summed E-state index contributed by atoms with van der Waals surface area (Å²) in [5, 5.41) is 1.35. The third kappa shape index (κ3) is 4.09. The van der Waals surface area contributed by atoms with Crippen LogP contribution in [0.3, 0.4) is 0 Å². The van der Waals surface area contributed by atoms with Crippen molar-refractivity contribution >= 4 is 29.8 Å². The first-order chi connectivity index (χ1) is 11.8. The summed E-state index contributed by atoms with van der Waals surface area (Å²) in [7, 11) is -3.41. The van der Waals surface area contributed by atoms with Gasteiger partial charge in [-0.25, -0.2) is 4.08 Å². The molecule has 0 aromatic heterocycles. The molecular weight excluding hydrogens is 363 g/mol. The summed E-state index contributed by atoms with van der Waals surface area (Å²) in [6.45, 7) is 16.7. The molecule has 2 aromatic rings. The minimum Gasteiger partial charge on any atom is -0.281 e. The standard InChI is InChI=1S/C22H30ClO2P/c1-15-9-11-17(21(3,4)5)13-19(15)26(24,25-23)20-14-18(22(6,7)8)12-10-16(20)2/h9-14H,1-8H3. The van der Waals surface area contributed by atoms with Crippen LogP contribution in [0, 0.1) is 13.8 Å². The summed E-state index contributed by atoms with van der Waals surface area (Å²) < 4.78 is 19.3. The van der Waals surface area contributed by atoms with Gasteiger partial charge in [0.1, 0.15) is 0 Å². The molecule has 2 aromatic carbocycles. The van der Waals surface area contributed by atoms with Crippen molar-refractivity contribution in [3.63, 3.8) is 0 Å². The zero-order chi connectivity index (χ0) is 19.9.